The predicted molar refractivity (Wildman–Crippen MR) is 100 cm³/mol. The second-order valence-electron chi connectivity index (χ2n) is 6.16. The van der Waals surface area contributed by atoms with Crippen molar-refractivity contribution in [1.29, 1.82) is 0 Å². The number of nitro groups is 1. The van der Waals surface area contributed by atoms with Gasteiger partial charge in [-0.15, -0.1) is 0 Å². The standard InChI is InChI=1S/C18H15ClFN3O5/c19-11-2-6-14(13(20)8-11)22-17(24)9-28-18(25)10-1-5-15(21-12-3-4-12)16(7-10)23(26)27/h1-2,5-8,12,21H,3-4,9H2,(H,22,24). The normalized spacial score (nSPS) is 12.9. The molecule has 146 valence electrons. The molecule has 0 aromatic heterocycles. The number of hydrogen-bond donors (Lipinski definition) is 2. The molecule has 2 aromatic rings. The molecule has 1 fully saturated rings. The molecule has 0 aliphatic heterocycles. The van der Waals surface area contributed by atoms with Crippen LogP contribution in [0.4, 0.5) is 21.5 Å². The van der Waals surface area contributed by atoms with Crippen molar-refractivity contribution in [2.45, 2.75) is 18.9 Å². The molecule has 0 spiro atoms. The summed E-state index contributed by atoms with van der Waals surface area (Å²) in [6, 6.07) is 7.78. The lowest BCUT2D eigenvalue weighted by molar-refractivity contribution is -0.384. The third-order valence-corrected chi connectivity index (χ3v) is 4.14. The number of nitro benzene ring substituents is 1. The number of hydrogen-bond acceptors (Lipinski definition) is 6. The number of carbonyl (C=O) groups is 2. The molecule has 0 heterocycles. The van der Waals surface area contributed by atoms with Crippen molar-refractivity contribution in [3.05, 3.63) is 62.9 Å². The van der Waals surface area contributed by atoms with Gasteiger partial charge in [0.05, 0.1) is 16.2 Å². The Balaban J connectivity index is 1.61. The first-order valence-electron chi connectivity index (χ1n) is 8.30. The van der Waals surface area contributed by atoms with E-state index >= 15 is 0 Å². The van der Waals surface area contributed by atoms with E-state index in [0.29, 0.717) is 5.69 Å². The van der Waals surface area contributed by atoms with Crippen LogP contribution in [0, 0.1) is 15.9 Å². The molecule has 0 atom stereocenters. The van der Waals surface area contributed by atoms with E-state index in [1.165, 1.54) is 24.3 Å². The summed E-state index contributed by atoms with van der Waals surface area (Å²) in [5.74, 6) is -2.41. The summed E-state index contributed by atoms with van der Waals surface area (Å²) in [5.41, 5.74) is -0.121. The maximum atomic E-state index is 13.7. The number of nitrogens with one attached hydrogen (secondary N) is 2. The van der Waals surface area contributed by atoms with Gasteiger partial charge in [0.1, 0.15) is 11.5 Å². The van der Waals surface area contributed by atoms with E-state index in [-0.39, 0.29) is 28.0 Å². The van der Waals surface area contributed by atoms with Crippen molar-refractivity contribution in [3.63, 3.8) is 0 Å². The van der Waals surface area contributed by atoms with E-state index < -0.39 is 29.2 Å². The van der Waals surface area contributed by atoms with Gasteiger partial charge in [0.2, 0.25) is 0 Å². The summed E-state index contributed by atoms with van der Waals surface area (Å²) >= 11 is 5.63. The minimum atomic E-state index is -0.909. The first kappa shape index (κ1) is 19.6. The van der Waals surface area contributed by atoms with Crippen LogP contribution in [0.1, 0.15) is 23.2 Å². The number of rotatable bonds is 7. The Morgan fingerprint density at radius 1 is 1.21 bits per heavy atom. The molecule has 0 unspecified atom stereocenters. The zero-order chi connectivity index (χ0) is 20.3. The van der Waals surface area contributed by atoms with Gasteiger partial charge in [-0.25, -0.2) is 9.18 Å². The zero-order valence-electron chi connectivity index (χ0n) is 14.4. The summed E-state index contributed by atoms with van der Waals surface area (Å²) in [6.45, 7) is -0.684. The number of ether oxygens (including phenoxy) is 1. The number of nitrogens with zero attached hydrogens (tertiary/aromatic N) is 1. The van der Waals surface area contributed by atoms with Crippen LogP contribution in [0.2, 0.25) is 5.02 Å². The van der Waals surface area contributed by atoms with Crippen molar-refractivity contribution in [2.24, 2.45) is 0 Å². The molecule has 0 saturated heterocycles. The number of amides is 1. The molecule has 3 rings (SSSR count). The highest BCUT2D eigenvalue weighted by atomic mass is 35.5. The van der Waals surface area contributed by atoms with Crippen molar-refractivity contribution in [3.8, 4) is 0 Å². The topological polar surface area (TPSA) is 111 Å². The van der Waals surface area contributed by atoms with Gasteiger partial charge in [-0.1, -0.05) is 11.6 Å². The Morgan fingerprint density at radius 2 is 1.93 bits per heavy atom. The van der Waals surface area contributed by atoms with Gasteiger partial charge in [0, 0.05) is 17.1 Å². The third-order valence-electron chi connectivity index (χ3n) is 3.91. The van der Waals surface area contributed by atoms with E-state index in [1.807, 2.05) is 0 Å². The molecule has 1 saturated carbocycles. The maximum Gasteiger partial charge on any atom is 0.338 e. The SMILES string of the molecule is O=C(COC(=O)c1ccc(NC2CC2)c([N+](=O)[O-])c1)Nc1ccc(Cl)cc1F. The summed E-state index contributed by atoms with van der Waals surface area (Å²) in [7, 11) is 0. The van der Waals surface area contributed by atoms with Gasteiger partial charge in [-0.2, -0.15) is 0 Å². The smallest absolute Gasteiger partial charge is 0.338 e. The highest BCUT2D eigenvalue weighted by Crippen LogP contribution is 2.31. The van der Waals surface area contributed by atoms with Crippen LogP contribution in [-0.4, -0.2) is 29.4 Å². The fourth-order valence-corrected chi connectivity index (χ4v) is 2.53. The largest absolute Gasteiger partial charge is 0.452 e. The summed E-state index contributed by atoms with van der Waals surface area (Å²) in [6.07, 6.45) is 1.87. The van der Waals surface area contributed by atoms with Crippen molar-refractivity contribution in [1.82, 2.24) is 0 Å². The highest BCUT2D eigenvalue weighted by molar-refractivity contribution is 6.30. The average Bonchev–Trinajstić information content (AvgIpc) is 3.46. The van der Waals surface area contributed by atoms with E-state index in [2.05, 4.69) is 10.6 Å². The average molecular weight is 408 g/mol. The monoisotopic (exact) mass is 407 g/mol. The molecule has 1 amide bonds. The fraction of sp³-hybridized carbons (Fsp3) is 0.222. The molecule has 28 heavy (non-hydrogen) atoms. The van der Waals surface area contributed by atoms with E-state index in [4.69, 9.17) is 16.3 Å². The molecule has 0 radical (unpaired) electrons. The van der Waals surface area contributed by atoms with Crippen LogP contribution < -0.4 is 10.6 Å². The van der Waals surface area contributed by atoms with E-state index in [0.717, 1.165) is 25.0 Å². The summed E-state index contributed by atoms with van der Waals surface area (Å²) in [5, 5.41) is 16.7. The molecule has 2 N–H and O–H groups in total. The number of benzene rings is 2. The molecule has 10 heteroatoms. The van der Waals surface area contributed by atoms with Gasteiger partial charge >= 0.3 is 5.97 Å². The van der Waals surface area contributed by atoms with Crippen LogP contribution in [0.3, 0.4) is 0 Å². The minimum absolute atomic E-state index is 0.0708. The van der Waals surface area contributed by atoms with Crippen LogP contribution in [0.25, 0.3) is 0 Å². The fourth-order valence-electron chi connectivity index (χ4n) is 2.37. The lowest BCUT2D eigenvalue weighted by Gasteiger charge is -2.09. The first-order chi connectivity index (χ1) is 13.3. The van der Waals surface area contributed by atoms with E-state index in [9.17, 15) is 24.1 Å². The Kier molecular flexibility index (Phi) is 5.74. The number of anilines is 2. The molecule has 1 aliphatic carbocycles. The Hall–Kier alpha value is -3.20. The summed E-state index contributed by atoms with van der Waals surface area (Å²) in [4.78, 5) is 34.6. The first-order valence-corrected chi connectivity index (χ1v) is 8.68. The van der Waals surface area contributed by atoms with Gasteiger partial charge in [0.25, 0.3) is 11.6 Å². The van der Waals surface area contributed by atoms with Crippen molar-refractivity contribution in [2.75, 3.05) is 17.2 Å². The second kappa shape index (κ2) is 8.22. The second-order valence-corrected chi connectivity index (χ2v) is 6.59. The zero-order valence-corrected chi connectivity index (χ0v) is 15.2. The molecule has 2 aromatic carbocycles. The van der Waals surface area contributed by atoms with Crippen LogP contribution >= 0.6 is 11.6 Å². The number of halogens is 2. The lowest BCUT2D eigenvalue weighted by atomic mass is 10.1. The quantitative estimate of drug-likeness (QED) is 0.411. The van der Waals surface area contributed by atoms with Crippen molar-refractivity contribution < 1.29 is 23.6 Å². The van der Waals surface area contributed by atoms with Gasteiger partial charge in [-0.3, -0.25) is 14.9 Å². The Morgan fingerprint density at radius 3 is 2.57 bits per heavy atom. The van der Waals surface area contributed by atoms with Crippen LogP contribution in [0.15, 0.2) is 36.4 Å². The molecule has 8 nitrogen and oxygen atoms in total. The van der Waals surface area contributed by atoms with Gasteiger partial charge in [-0.05, 0) is 43.2 Å². The highest BCUT2D eigenvalue weighted by Gasteiger charge is 2.26. The molecule has 1 aliphatic rings. The lowest BCUT2D eigenvalue weighted by Crippen LogP contribution is -2.21. The van der Waals surface area contributed by atoms with Crippen molar-refractivity contribution >= 4 is 40.5 Å². The molecular weight excluding hydrogens is 393 g/mol. The van der Waals surface area contributed by atoms with Gasteiger partial charge < -0.3 is 15.4 Å². The van der Waals surface area contributed by atoms with Crippen LogP contribution in [-0.2, 0) is 9.53 Å². The molecular formula is C18H15ClFN3O5. The number of carbonyl (C=O) groups excluding carboxylic acids is 2. The third kappa shape index (κ3) is 4.95. The Labute approximate surface area is 163 Å². The Bertz CT molecular complexity index is 949. The van der Waals surface area contributed by atoms with E-state index in [1.54, 1.807) is 0 Å². The summed E-state index contributed by atoms with van der Waals surface area (Å²) < 4.78 is 18.5. The predicted octanol–water partition coefficient (Wildman–Crippen LogP) is 3.76. The number of esters is 1. The molecule has 0 bridgehead atoms. The minimum Gasteiger partial charge on any atom is -0.452 e. The van der Waals surface area contributed by atoms with Gasteiger partial charge in [0.15, 0.2) is 6.61 Å². The maximum absolute atomic E-state index is 13.7. The van der Waals surface area contributed by atoms with Crippen LogP contribution in [0.5, 0.6) is 0 Å².